The fourth-order valence-corrected chi connectivity index (χ4v) is 6.33. The molecular formula is C35H37Cl2N3O3. The zero-order valence-electron chi connectivity index (χ0n) is 24.0. The van der Waals surface area contributed by atoms with Gasteiger partial charge < -0.3 is 20.6 Å². The minimum absolute atomic E-state index is 0.00629. The van der Waals surface area contributed by atoms with Crippen molar-refractivity contribution >= 4 is 45.8 Å². The highest BCUT2D eigenvalue weighted by molar-refractivity contribution is 6.42. The van der Waals surface area contributed by atoms with Crippen LogP contribution in [0.5, 0.6) is 0 Å². The fourth-order valence-electron chi connectivity index (χ4n) is 6.01. The zero-order chi connectivity index (χ0) is 30.3. The third-order valence-corrected chi connectivity index (χ3v) is 8.97. The van der Waals surface area contributed by atoms with Crippen molar-refractivity contribution in [1.82, 2.24) is 9.80 Å². The molecule has 8 heteroatoms. The molecule has 3 N–H and O–H groups in total. The van der Waals surface area contributed by atoms with Crippen LogP contribution in [-0.4, -0.2) is 64.5 Å². The van der Waals surface area contributed by atoms with Gasteiger partial charge in [-0.3, -0.25) is 9.59 Å². The Morgan fingerprint density at radius 1 is 0.791 bits per heavy atom. The smallest absolute Gasteiger partial charge is 0.240 e. The number of piperazine rings is 1. The number of carbonyl (C=O) groups is 2. The molecule has 0 spiro atoms. The predicted molar refractivity (Wildman–Crippen MR) is 173 cm³/mol. The number of aliphatic hydroxyl groups excluding tert-OH is 1. The Kier molecular flexibility index (Phi) is 10.4. The van der Waals surface area contributed by atoms with Gasteiger partial charge in [0.2, 0.25) is 11.8 Å². The van der Waals surface area contributed by atoms with Crippen LogP contribution in [0.2, 0.25) is 10.0 Å². The number of hydrogen-bond donors (Lipinski definition) is 2. The Hall–Kier alpha value is -3.42. The first-order valence-corrected chi connectivity index (χ1v) is 15.5. The van der Waals surface area contributed by atoms with Gasteiger partial charge in [-0.15, -0.1) is 0 Å². The summed E-state index contributed by atoms with van der Waals surface area (Å²) in [6.45, 7) is 0.754. The third-order valence-electron chi connectivity index (χ3n) is 8.24. The quantitative estimate of drug-likeness (QED) is 0.240. The van der Waals surface area contributed by atoms with E-state index in [4.69, 9.17) is 28.9 Å². The molecule has 6 nitrogen and oxygen atoms in total. The molecule has 1 aliphatic heterocycles. The second-order valence-electron chi connectivity index (χ2n) is 11.3. The van der Waals surface area contributed by atoms with E-state index in [0.717, 1.165) is 27.5 Å². The second-order valence-corrected chi connectivity index (χ2v) is 12.1. The van der Waals surface area contributed by atoms with E-state index in [9.17, 15) is 14.7 Å². The van der Waals surface area contributed by atoms with Gasteiger partial charge in [-0.05, 0) is 65.3 Å². The van der Waals surface area contributed by atoms with Crippen molar-refractivity contribution in [1.29, 1.82) is 0 Å². The summed E-state index contributed by atoms with van der Waals surface area (Å²) in [4.78, 5) is 31.6. The Balaban J connectivity index is 1.39. The average Bonchev–Trinajstić information content (AvgIpc) is 3.02. The second kappa shape index (κ2) is 14.4. The lowest BCUT2D eigenvalue weighted by atomic mass is 9.94. The van der Waals surface area contributed by atoms with Crippen LogP contribution < -0.4 is 5.73 Å². The maximum atomic E-state index is 14.0. The van der Waals surface area contributed by atoms with Gasteiger partial charge in [-0.2, -0.15) is 0 Å². The van der Waals surface area contributed by atoms with E-state index >= 15 is 0 Å². The number of amides is 2. The van der Waals surface area contributed by atoms with Crippen LogP contribution in [0.3, 0.4) is 0 Å². The molecule has 1 fully saturated rings. The van der Waals surface area contributed by atoms with Gasteiger partial charge in [0.1, 0.15) is 0 Å². The number of nitrogens with zero attached hydrogens (tertiary/aromatic N) is 2. The minimum Gasteiger partial charge on any atom is -0.396 e. The molecule has 2 amide bonds. The highest BCUT2D eigenvalue weighted by Crippen LogP contribution is 2.26. The first-order chi connectivity index (χ1) is 20.8. The molecule has 43 heavy (non-hydrogen) atoms. The molecule has 0 bridgehead atoms. The first kappa shape index (κ1) is 31.0. The highest BCUT2D eigenvalue weighted by atomic mass is 35.5. The third kappa shape index (κ3) is 7.76. The minimum atomic E-state index is -0.786. The van der Waals surface area contributed by atoms with Gasteiger partial charge in [-0.25, -0.2) is 0 Å². The monoisotopic (exact) mass is 617 g/mol. The zero-order valence-corrected chi connectivity index (χ0v) is 25.6. The van der Waals surface area contributed by atoms with Crippen LogP contribution in [0.25, 0.3) is 10.8 Å². The molecule has 0 aliphatic carbocycles. The largest absolute Gasteiger partial charge is 0.396 e. The fraction of sp³-hybridized carbons (Fsp3) is 0.314. The molecule has 0 radical (unpaired) electrons. The van der Waals surface area contributed by atoms with Crippen molar-refractivity contribution in [3.8, 4) is 0 Å². The lowest BCUT2D eigenvalue weighted by Crippen LogP contribution is -2.64. The molecule has 1 heterocycles. The molecule has 1 saturated heterocycles. The lowest BCUT2D eigenvalue weighted by molar-refractivity contribution is -0.147. The van der Waals surface area contributed by atoms with E-state index < -0.39 is 6.04 Å². The van der Waals surface area contributed by atoms with E-state index in [0.29, 0.717) is 48.8 Å². The number of carbonyl (C=O) groups excluding carboxylic acids is 2. The summed E-state index contributed by atoms with van der Waals surface area (Å²) in [5.74, 6) is -0.147. The Morgan fingerprint density at radius 3 is 2.23 bits per heavy atom. The summed E-state index contributed by atoms with van der Waals surface area (Å²) in [7, 11) is 0. The van der Waals surface area contributed by atoms with Crippen LogP contribution in [0.4, 0.5) is 0 Å². The van der Waals surface area contributed by atoms with E-state index in [1.54, 1.807) is 12.1 Å². The number of nitrogens with two attached hydrogens (primary N) is 1. The van der Waals surface area contributed by atoms with Crippen LogP contribution in [0, 0.1) is 0 Å². The van der Waals surface area contributed by atoms with Gasteiger partial charge >= 0.3 is 0 Å². The van der Waals surface area contributed by atoms with E-state index in [1.165, 1.54) is 0 Å². The lowest BCUT2D eigenvalue weighted by Gasteiger charge is -2.47. The Morgan fingerprint density at radius 2 is 1.49 bits per heavy atom. The van der Waals surface area contributed by atoms with Crippen LogP contribution >= 0.6 is 23.2 Å². The van der Waals surface area contributed by atoms with Crippen molar-refractivity contribution in [3.63, 3.8) is 0 Å². The number of aliphatic hydroxyl groups is 1. The molecule has 224 valence electrons. The van der Waals surface area contributed by atoms with Gasteiger partial charge in [0.05, 0.1) is 28.5 Å². The Bertz CT molecular complexity index is 1560. The van der Waals surface area contributed by atoms with E-state index in [1.807, 2.05) is 64.4 Å². The SMILES string of the molecule is N[C@H](Cc1ccc(Cl)c(Cl)c1)C(=O)N1C[C@@H](Cc2ccccc2)N(C(=O)Cc2ccc3ccccc3c2)C[C@@H]1CCCO. The highest BCUT2D eigenvalue weighted by Gasteiger charge is 2.39. The van der Waals surface area contributed by atoms with Crippen molar-refractivity contribution in [2.24, 2.45) is 5.73 Å². The molecule has 4 aromatic rings. The molecule has 3 atom stereocenters. The van der Waals surface area contributed by atoms with Crippen LogP contribution in [0.1, 0.15) is 29.5 Å². The summed E-state index contributed by atoms with van der Waals surface area (Å²) in [5, 5.41) is 12.7. The van der Waals surface area contributed by atoms with Crippen molar-refractivity contribution < 1.29 is 14.7 Å². The molecule has 4 aromatic carbocycles. The Labute approximate surface area is 263 Å². The number of hydrogen-bond acceptors (Lipinski definition) is 4. The number of fused-ring (bicyclic) bond motifs is 1. The average molecular weight is 619 g/mol. The maximum Gasteiger partial charge on any atom is 0.240 e. The summed E-state index contributed by atoms with van der Waals surface area (Å²) in [6.07, 6.45) is 2.29. The summed E-state index contributed by atoms with van der Waals surface area (Å²) < 4.78 is 0. The predicted octanol–water partition coefficient (Wildman–Crippen LogP) is 5.68. The van der Waals surface area contributed by atoms with Gasteiger partial charge in [-0.1, -0.05) is 102 Å². The molecular weight excluding hydrogens is 581 g/mol. The number of benzene rings is 4. The molecule has 0 unspecified atom stereocenters. The van der Waals surface area contributed by atoms with Crippen LogP contribution in [-0.2, 0) is 28.9 Å². The first-order valence-electron chi connectivity index (χ1n) is 14.7. The van der Waals surface area contributed by atoms with Gasteiger partial charge in [0, 0.05) is 25.7 Å². The maximum absolute atomic E-state index is 14.0. The van der Waals surface area contributed by atoms with E-state index in [-0.39, 0.29) is 36.9 Å². The van der Waals surface area contributed by atoms with Gasteiger partial charge in [0.25, 0.3) is 0 Å². The standard InChI is InChI=1S/C35H37Cl2N3O3/c36-31-15-13-26(19-32(31)37)20-33(38)35(43)40-23-30(18-24-7-2-1-3-8-24)39(22-29(40)11-6-16-41)34(42)21-25-12-14-27-9-4-5-10-28(27)17-25/h1-5,7-10,12-15,17,19,29-30,33,41H,6,11,16,18,20-23,38H2/t29-,30+,33+/m0/s1. The molecule has 0 saturated carbocycles. The van der Waals surface area contributed by atoms with E-state index in [2.05, 4.69) is 24.3 Å². The molecule has 1 aliphatic rings. The normalized spacial score (nSPS) is 17.7. The van der Waals surface area contributed by atoms with Gasteiger partial charge in [0.15, 0.2) is 0 Å². The van der Waals surface area contributed by atoms with Crippen molar-refractivity contribution in [2.75, 3.05) is 19.7 Å². The molecule has 5 rings (SSSR count). The number of halogens is 2. The number of rotatable bonds is 10. The van der Waals surface area contributed by atoms with Crippen LogP contribution in [0.15, 0.2) is 91.0 Å². The summed E-state index contributed by atoms with van der Waals surface area (Å²) in [6, 6.07) is 28.3. The summed E-state index contributed by atoms with van der Waals surface area (Å²) >= 11 is 12.3. The summed E-state index contributed by atoms with van der Waals surface area (Å²) in [5.41, 5.74) is 9.38. The topological polar surface area (TPSA) is 86.9 Å². The van der Waals surface area contributed by atoms with Crippen molar-refractivity contribution in [3.05, 3.63) is 118 Å². The molecule has 0 aromatic heterocycles. The van der Waals surface area contributed by atoms with Crippen molar-refractivity contribution in [2.45, 2.75) is 50.2 Å².